The third-order valence-corrected chi connectivity index (χ3v) is 4.62. The SMILES string of the molecule is CCCCCNCC(=O)OP(=O)(OCCCCC)ONCCNCCN. The number of phosphoric acid groups is 1. The summed E-state index contributed by atoms with van der Waals surface area (Å²) in [5, 5.41) is 6.01. The highest BCUT2D eigenvalue weighted by Crippen LogP contribution is 2.48. The summed E-state index contributed by atoms with van der Waals surface area (Å²) in [5.41, 5.74) is 7.90. The molecule has 156 valence electrons. The highest BCUT2D eigenvalue weighted by Gasteiger charge is 2.31. The van der Waals surface area contributed by atoms with Crippen LogP contribution < -0.4 is 21.8 Å². The second kappa shape index (κ2) is 17.9. The minimum absolute atomic E-state index is 0.0343. The first-order valence-electron chi connectivity index (χ1n) is 9.58. The number of hydrogen-bond acceptors (Lipinski definition) is 9. The van der Waals surface area contributed by atoms with Gasteiger partial charge in [-0.15, -0.1) is 0 Å². The van der Waals surface area contributed by atoms with Crippen LogP contribution in [-0.4, -0.2) is 51.8 Å². The van der Waals surface area contributed by atoms with Crippen LogP contribution in [0.5, 0.6) is 0 Å². The summed E-state index contributed by atoms with van der Waals surface area (Å²) in [6.45, 7) is 7.18. The van der Waals surface area contributed by atoms with Gasteiger partial charge in [0, 0.05) is 26.2 Å². The van der Waals surface area contributed by atoms with E-state index >= 15 is 0 Å². The van der Waals surface area contributed by atoms with Gasteiger partial charge < -0.3 is 20.9 Å². The number of nitrogens with two attached hydrogens (primary N) is 1. The molecule has 5 N–H and O–H groups in total. The molecule has 0 fully saturated rings. The summed E-state index contributed by atoms with van der Waals surface area (Å²) in [4.78, 5) is 11.9. The van der Waals surface area contributed by atoms with Crippen LogP contribution in [0.25, 0.3) is 0 Å². The topological polar surface area (TPSA) is 124 Å². The van der Waals surface area contributed by atoms with Crippen molar-refractivity contribution in [1.82, 2.24) is 16.1 Å². The summed E-state index contributed by atoms with van der Waals surface area (Å²) in [6.07, 6.45) is 5.82. The van der Waals surface area contributed by atoms with E-state index in [0.717, 1.165) is 32.1 Å². The third kappa shape index (κ3) is 15.7. The predicted octanol–water partition coefficient (Wildman–Crippen LogP) is 1.69. The van der Waals surface area contributed by atoms with Crippen molar-refractivity contribution in [2.45, 2.75) is 52.4 Å². The molecule has 0 bridgehead atoms. The van der Waals surface area contributed by atoms with Gasteiger partial charge in [-0.05, 0) is 19.4 Å². The minimum atomic E-state index is -3.99. The summed E-state index contributed by atoms with van der Waals surface area (Å²) in [7, 11) is -3.99. The first kappa shape index (κ1) is 25.5. The maximum Gasteiger partial charge on any atom is 0.549 e. The lowest BCUT2D eigenvalue weighted by Gasteiger charge is -2.17. The second-order valence-electron chi connectivity index (χ2n) is 5.86. The molecule has 0 aliphatic rings. The number of rotatable bonds is 19. The number of carbonyl (C=O) groups excluding carboxylic acids is 1. The van der Waals surface area contributed by atoms with Crippen molar-refractivity contribution < 1.29 is 23.0 Å². The summed E-state index contributed by atoms with van der Waals surface area (Å²) in [6, 6.07) is 0. The normalized spacial score (nSPS) is 13.5. The van der Waals surface area contributed by atoms with Crippen LogP contribution in [0, 0.1) is 0 Å². The van der Waals surface area contributed by atoms with Gasteiger partial charge in [0.05, 0.1) is 13.2 Å². The number of hydroxylamine groups is 1. The lowest BCUT2D eigenvalue weighted by molar-refractivity contribution is -0.135. The Morgan fingerprint density at radius 3 is 2.38 bits per heavy atom. The fraction of sp³-hybridized carbons (Fsp3) is 0.938. The van der Waals surface area contributed by atoms with Crippen LogP contribution in [0.2, 0.25) is 0 Å². The number of hydrogen-bond donors (Lipinski definition) is 4. The standard InChI is InChI=1S/C16H37N4O5P/c1-3-5-7-10-19-15-16(21)24-26(22,23-14-8-6-4-2)25-20-13-12-18-11-9-17/h18-20H,3-15,17H2,1-2H3. The number of phosphoric ester groups is 1. The zero-order valence-electron chi connectivity index (χ0n) is 16.3. The van der Waals surface area contributed by atoms with Crippen LogP contribution in [0.4, 0.5) is 0 Å². The average Bonchev–Trinajstić information content (AvgIpc) is 2.61. The van der Waals surface area contributed by atoms with Crippen LogP contribution in [-0.2, 0) is 23.0 Å². The van der Waals surface area contributed by atoms with Gasteiger partial charge >= 0.3 is 13.8 Å². The van der Waals surface area contributed by atoms with Crippen molar-refractivity contribution in [3.05, 3.63) is 0 Å². The van der Waals surface area contributed by atoms with Crippen molar-refractivity contribution in [3.8, 4) is 0 Å². The molecule has 0 heterocycles. The Morgan fingerprint density at radius 2 is 1.69 bits per heavy atom. The van der Waals surface area contributed by atoms with Crippen LogP contribution >= 0.6 is 7.82 Å². The van der Waals surface area contributed by atoms with Gasteiger partial charge in [0.15, 0.2) is 0 Å². The monoisotopic (exact) mass is 396 g/mol. The molecule has 26 heavy (non-hydrogen) atoms. The van der Waals surface area contributed by atoms with Crippen LogP contribution in [0.15, 0.2) is 0 Å². The van der Waals surface area contributed by atoms with Crippen molar-refractivity contribution in [2.24, 2.45) is 5.73 Å². The number of unbranched alkanes of at least 4 members (excludes halogenated alkanes) is 4. The van der Waals surface area contributed by atoms with Crippen LogP contribution in [0.1, 0.15) is 52.4 Å². The van der Waals surface area contributed by atoms with E-state index in [1.807, 2.05) is 0 Å². The largest absolute Gasteiger partial charge is 0.549 e. The van der Waals surface area contributed by atoms with E-state index in [1.54, 1.807) is 0 Å². The Hall–Kier alpha value is -0.540. The second-order valence-corrected chi connectivity index (χ2v) is 7.38. The Kier molecular flexibility index (Phi) is 17.5. The molecule has 0 saturated heterocycles. The average molecular weight is 396 g/mol. The molecule has 0 aromatic rings. The lowest BCUT2D eigenvalue weighted by Crippen LogP contribution is -2.31. The van der Waals surface area contributed by atoms with Gasteiger partial charge in [-0.1, -0.05) is 39.5 Å². The zero-order chi connectivity index (χ0) is 19.5. The fourth-order valence-electron chi connectivity index (χ4n) is 1.94. The van der Waals surface area contributed by atoms with E-state index < -0.39 is 13.8 Å². The molecule has 0 radical (unpaired) electrons. The van der Waals surface area contributed by atoms with E-state index in [0.29, 0.717) is 39.1 Å². The minimum Gasteiger partial charge on any atom is -0.368 e. The quantitative estimate of drug-likeness (QED) is 0.147. The number of nitrogens with one attached hydrogen (secondary N) is 3. The first-order chi connectivity index (χ1) is 12.6. The lowest BCUT2D eigenvalue weighted by atomic mass is 10.2. The molecule has 0 amide bonds. The molecule has 1 atom stereocenters. The molecule has 0 aliphatic heterocycles. The molecule has 9 nitrogen and oxygen atoms in total. The Bertz CT molecular complexity index is 388. The highest BCUT2D eigenvalue weighted by atomic mass is 31.2. The fourth-order valence-corrected chi connectivity index (χ4v) is 3.00. The molecule has 0 spiro atoms. The van der Waals surface area contributed by atoms with Gasteiger partial charge in [0.1, 0.15) is 0 Å². The molecular formula is C16H37N4O5P. The highest BCUT2D eigenvalue weighted by molar-refractivity contribution is 7.49. The third-order valence-electron chi connectivity index (χ3n) is 3.34. The van der Waals surface area contributed by atoms with E-state index in [4.69, 9.17) is 19.4 Å². The molecule has 0 aromatic heterocycles. The Morgan fingerprint density at radius 1 is 0.962 bits per heavy atom. The molecule has 10 heteroatoms. The Labute approximate surface area is 157 Å². The number of carbonyl (C=O) groups is 1. The maximum absolute atomic E-state index is 12.6. The van der Waals surface area contributed by atoms with Gasteiger partial charge in [-0.25, -0.2) is 4.57 Å². The molecular weight excluding hydrogens is 359 g/mol. The molecule has 0 aromatic carbocycles. The predicted molar refractivity (Wildman–Crippen MR) is 103 cm³/mol. The maximum atomic E-state index is 12.6. The van der Waals surface area contributed by atoms with E-state index in [-0.39, 0.29) is 13.2 Å². The van der Waals surface area contributed by atoms with Crippen LogP contribution in [0.3, 0.4) is 0 Å². The first-order valence-corrected chi connectivity index (χ1v) is 11.0. The van der Waals surface area contributed by atoms with Gasteiger partial charge in [0.2, 0.25) is 0 Å². The smallest absolute Gasteiger partial charge is 0.368 e. The van der Waals surface area contributed by atoms with Gasteiger partial charge in [0.25, 0.3) is 0 Å². The summed E-state index contributed by atoms with van der Waals surface area (Å²) < 4.78 is 27.8. The van der Waals surface area contributed by atoms with E-state index in [1.165, 1.54) is 0 Å². The van der Waals surface area contributed by atoms with Crippen molar-refractivity contribution >= 4 is 13.8 Å². The van der Waals surface area contributed by atoms with E-state index in [9.17, 15) is 9.36 Å². The van der Waals surface area contributed by atoms with Gasteiger partial charge in [-0.3, -0.25) is 9.32 Å². The summed E-state index contributed by atoms with van der Waals surface area (Å²) >= 11 is 0. The molecule has 1 unspecified atom stereocenters. The molecule has 0 aliphatic carbocycles. The van der Waals surface area contributed by atoms with Crippen molar-refractivity contribution in [1.29, 1.82) is 0 Å². The zero-order valence-corrected chi connectivity index (χ0v) is 17.2. The molecule has 0 saturated carbocycles. The molecule has 0 rings (SSSR count). The Balaban J connectivity index is 4.24. The van der Waals surface area contributed by atoms with E-state index in [2.05, 4.69) is 30.0 Å². The van der Waals surface area contributed by atoms with Gasteiger partial charge in [-0.2, -0.15) is 10.1 Å². The van der Waals surface area contributed by atoms with Crippen molar-refractivity contribution in [2.75, 3.05) is 45.9 Å². The summed E-state index contributed by atoms with van der Waals surface area (Å²) in [5.74, 6) is -0.664. The van der Waals surface area contributed by atoms with Crippen molar-refractivity contribution in [3.63, 3.8) is 0 Å².